The maximum atomic E-state index is 12.4. The molecule has 0 fully saturated rings. The molecule has 1 rings (SSSR count). The van der Waals surface area contributed by atoms with Crippen LogP contribution in [0.25, 0.3) is 0 Å². The highest BCUT2D eigenvalue weighted by Gasteiger charge is 2.39. The van der Waals surface area contributed by atoms with E-state index in [0.29, 0.717) is 3.57 Å². The minimum absolute atomic E-state index is 0.420. The maximum absolute atomic E-state index is 12.4. The molecule has 1 aromatic rings. The number of carboxylic acid groups (broad SMARTS) is 1. The van der Waals surface area contributed by atoms with E-state index in [9.17, 15) is 18.0 Å². The summed E-state index contributed by atoms with van der Waals surface area (Å²) in [6.45, 7) is 0. The Labute approximate surface area is 103 Å². The smallest absolute Gasteiger partial charge is 0.407 e. The van der Waals surface area contributed by atoms with Gasteiger partial charge in [0.15, 0.2) is 0 Å². The Balaban J connectivity index is 3.28. The van der Waals surface area contributed by atoms with Crippen molar-refractivity contribution in [3.8, 4) is 0 Å². The molecule has 88 valence electrons. The summed E-state index contributed by atoms with van der Waals surface area (Å²) in [7, 11) is 0. The quantitative estimate of drug-likeness (QED) is 0.810. The van der Waals surface area contributed by atoms with E-state index in [-0.39, 0.29) is 0 Å². The molecule has 1 aromatic carbocycles. The zero-order valence-corrected chi connectivity index (χ0v) is 9.91. The summed E-state index contributed by atoms with van der Waals surface area (Å²) in [4.78, 5) is 10.8. The zero-order valence-electron chi connectivity index (χ0n) is 7.75. The number of carboxylic acids is 1. The van der Waals surface area contributed by atoms with Crippen LogP contribution >= 0.6 is 22.6 Å². The molecule has 1 atom stereocenters. The third-order valence-electron chi connectivity index (χ3n) is 1.93. The number of alkyl halides is 3. The van der Waals surface area contributed by atoms with Crippen LogP contribution in [0.4, 0.5) is 13.2 Å². The number of hydrogen-bond acceptors (Lipinski definition) is 2. The molecule has 0 heterocycles. The van der Waals surface area contributed by atoms with Gasteiger partial charge in [-0.15, -0.1) is 0 Å². The Morgan fingerprint density at radius 3 is 2.44 bits per heavy atom. The lowest BCUT2D eigenvalue weighted by molar-refractivity contribution is -0.149. The van der Waals surface area contributed by atoms with Crippen LogP contribution in [0.2, 0.25) is 0 Å². The molecule has 16 heavy (non-hydrogen) atoms. The van der Waals surface area contributed by atoms with Crippen LogP contribution in [0.15, 0.2) is 18.2 Å². The van der Waals surface area contributed by atoms with Crippen molar-refractivity contribution in [3.63, 3.8) is 0 Å². The number of carbonyl (C=O) groups is 1. The third-order valence-corrected chi connectivity index (χ3v) is 2.60. The molecule has 0 aromatic heterocycles. The molecular formula is C9H7F3INO2. The minimum atomic E-state index is -4.66. The topological polar surface area (TPSA) is 63.3 Å². The second-order valence-electron chi connectivity index (χ2n) is 3.06. The van der Waals surface area contributed by atoms with Crippen molar-refractivity contribution < 1.29 is 23.1 Å². The lowest BCUT2D eigenvalue weighted by Gasteiger charge is -2.17. The van der Waals surface area contributed by atoms with E-state index in [4.69, 9.17) is 10.8 Å². The molecule has 0 radical (unpaired) electrons. The monoisotopic (exact) mass is 345 g/mol. The Morgan fingerprint density at radius 2 is 2.00 bits per heavy atom. The summed E-state index contributed by atoms with van der Waals surface area (Å²) in [5.74, 6) is -1.42. The van der Waals surface area contributed by atoms with Gasteiger partial charge in [-0.25, -0.2) is 4.79 Å². The predicted molar refractivity (Wildman–Crippen MR) is 59.1 cm³/mol. The number of aromatic carboxylic acids is 1. The van der Waals surface area contributed by atoms with E-state index < -0.39 is 29.3 Å². The highest BCUT2D eigenvalue weighted by Crippen LogP contribution is 2.32. The minimum Gasteiger partial charge on any atom is -0.478 e. The van der Waals surface area contributed by atoms with Crippen LogP contribution in [0, 0.1) is 3.57 Å². The fourth-order valence-corrected chi connectivity index (χ4v) is 1.65. The van der Waals surface area contributed by atoms with Crippen molar-refractivity contribution in [1.82, 2.24) is 0 Å². The molecule has 0 amide bonds. The highest BCUT2D eigenvalue weighted by molar-refractivity contribution is 14.1. The van der Waals surface area contributed by atoms with E-state index in [1.807, 2.05) is 22.6 Å². The SMILES string of the molecule is N[C@@H](c1ccc(I)cc1C(=O)O)C(F)(F)F. The van der Waals surface area contributed by atoms with Gasteiger partial charge in [0.05, 0.1) is 5.56 Å². The molecule has 0 aliphatic rings. The van der Waals surface area contributed by atoms with Gasteiger partial charge in [-0.2, -0.15) is 13.2 Å². The van der Waals surface area contributed by atoms with Crippen LogP contribution in [0.1, 0.15) is 22.0 Å². The number of hydrogen-bond donors (Lipinski definition) is 2. The van der Waals surface area contributed by atoms with Crippen LogP contribution < -0.4 is 5.73 Å². The van der Waals surface area contributed by atoms with Gasteiger partial charge in [0.1, 0.15) is 6.04 Å². The first kappa shape index (κ1) is 13.2. The molecule has 7 heteroatoms. The molecule has 0 unspecified atom stereocenters. The van der Waals surface area contributed by atoms with Crippen molar-refractivity contribution in [3.05, 3.63) is 32.9 Å². The summed E-state index contributed by atoms with van der Waals surface area (Å²) in [5, 5.41) is 8.78. The Morgan fingerprint density at radius 1 is 1.44 bits per heavy atom. The van der Waals surface area contributed by atoms with Gasteiger partial charge in [-0.3, -0.25) is 0 Å². The largest absolute Gasteiger partial charge is 0.478 e. The van der Waals surface area contributed by atoms with Gasteiger partial charge in [0.25, 0.3) is 0 Å². The van der Waals surface area contributed by atoms with Crippen LogP contribution in [0.3, 0.4) is 0 Å². The predicted octanol–water partition coefficient (Wildman–Crippen LogP) is 2.55. The second kappa shape index (κ2) is 4.58. The van der Waals surface area contributed by atoms with Gasteiger partial charge in [0.2, 0.25) is 0 Å². The van der Waals surface area contributed by atoms with E-state index in [1.54, 1.807) is 0 Å². The van der Waals surface area contributed by atoms with Gasteiger partial charge in [-0.05, 0) is 40.3 Å². The third kappa shape index (κ3) is 2.85. The van der Waals surface area contributed by atoms with E-state index >= 15 is 0 Å². The Bertz CT molecular complexity index is 420. The maximum Gasteiger partial charge on any atom is 0.407 e. The molecule has 0 aliphatic carbocycles. The first-order valence-corrected chi connectivity index (χ1v) is 5.16. The van der Waals surface area contributed by atoms with Crippen molar-refractivity contribution in [2.75, 3.05) is 0 Å². The number of halogens is 4. The first-order valence-electron chi connectivity index (χ1n) is 4.08. The molecule has 0 spiro atoms. The molecule has 0 bridgehead atoms. The van der Waals surface area contributed by atoms with Crippen molar-refractivity contribution in [2.45, 2.75) is 12.2 Å². The molecule has 3 N–H and O–H groups in total. The fraction of sp³-hybridized carbons (Fsp3) is 0.222. The van der Waals surface area contributed by atoms with E-state index in [2.05, 4.69) is 0 Å². The van der Waals surface area contributed by atoms with Crippen molar-refractivity contribution in [2.24, 2.45) is 5.73 Å². The number of benzene rings is 1. The van der Waals surface area contributed by atoms with Crippen molar-refractivity contribution in [1.29, 1.82) is 0 Å². The number of rotatable bonds is 2. The van der Waals surface area contributed by atoms with Gasteiger partial charge in [0, 0.05) is 3.57 Å². The summed E-state index contributed by atoms with van der Waals surface area (Å²) in [5.41, 5.74) is 4.12. The Kier molecular flexibility index (Phi) is 3.79. The van der Waals surface area contributed by atoms with Gasteiger partial charge < -0.3 is 10.8 Å². The molecule has 0 aliphatic heterocycles. The molecule has 0 saturated carbocycles. The summed E-state index contributed by atoms with van der Waals surface area (Å²) < 4.78 is 37.6. The van der Waals surface area contributed by atoms with Crippen LogP contribution in [-0.2, 0) is 0 Å². The summed E-state index contributed by atoms with van der Waals surface area (Å²) in [6, 6.07) is 1.34. The van der Waals surface area contributed by atoms with Crippen LogP contribution in [0.5, 0.6) is 0 Å². The van der Waals surface area contributed by atoms with E-state index in [0.717, 1.165) is 12.1 Å². The zero-order chi connectivity index (χ0) is 12.5. The summed E-state index contributed by atoms with van der Waals surface area (Å²) >= 11 is 1.81. The lowest BCUT2D eigenvalue weighted by atomic mass is 10.0. The highest BCUT2D eigenvalue weighted by atomic mass is 127. The normalized spacial score (nSPS) is 13.6. The van der Waals surface area contributed by atoms with Crippen LogP contribution in [-0.4, -0.2) is 17.3 Å². The fourth-order valence-electron chi connectivity index (χ4n) is 1.16. The average Bonchev–Trinajstić information content (AvgIpc) is 2.15. The van der Waals surface area contributed by atoms with Crippen molar-refractivity contribution >= 4 is 28.6 Å². The summed E-state index contributed by atoms with van der Waals surface area (Å²) in [6.07, 6.45) is -4.66. The first-order chi connectivity index (χ1) is 7.23. The average molecular weight is 345 g/mol. The molecule has 3 nitrogen and oxygen atoms in total. The van der Waals surface area contributed by atoms with Gasteiger partial charge >= 0.3 is 12.1 Å². The Hall–Kier alpha value is -0.830. The molecular weight excluding hydrogens is 338 g/mol. The number of nitrogens with two attached hydrogens (primary N) is 1. The second-order valence-corrected chi connectivity index (χ2v) is 4.30. The lowest BCUT2D eigenvalue weighted by Crippen LogP contribution is -2.30. The molecule has 0 saturated heterocycles. The van der Waals surface area contributed by atoms with E-state index in [1.165, 1.54) is 6.07 Å². The van der Waals surface area contributed by atoms with Gasteiger partial charge in [-0.1, -0.05) is 6.07 Å². The standard InChI is InChI=1S/C9H7F3INO2/c10-9(11,12)7(14)5-2-1-4(13)3-6(5)8(15)16/h1-3,7H,14H2,(H,15,16)/t7-/m0/s1.